The van der Waals surface area contributed by atoms with Crippen molar-refractivity contribution in [2.45, 2.75) is 25.4 Å². The lowest BCUT2D eigenvalue weighted by molar-refractivity contribution is 0.387. The Hall–Kier alpha value is -0.380. The molecule has 0 aliphatic carbocycles. The molecular formula is C13H19BrN2. The van der Waals surface area contributed by atoms with Crippen molar-refractivity contribution in [2.75, 3.05) is 20.1 Å². The Morgan fingerprint density at radius 2 is 2.31 bits per heavy atom. The van der Waals surface area contributed by atoms with Crippen LogP contribution < -0.4 is 5.32 Å². The maximum absolute atomic E-state index is 3.69. The van der Waals surface area contributed by atoms with Gasteiger partial charge in [0.1, 0.15) is 0 Å². The van der Waals surface area contributed by atoms with E-state index in [0.29, 0.717) is 12.1 Å². The highest BCUT2D eigenvalue weighted by atomic mass is 79.9. The summed E-state index contributed by atoms with van der Waals surface area (Å²) in [6, 6.07) is 9.60. The molecule has 1 fully saturated rings. The SMILES string of the molecule is C[C@H](NC1CCN(C)C1)c1cccc(Br)c1. The van der Waals surface area contributed by atoms with Crippen LogP contribution in [0.4, 0.5) is 0 Å². The molecule has 1 aliphatic heterocycles. The van der Waals surface area contributed by atoms with Crippen LogP contribution >= 0.6 is 15.9 Å². The van der Waals surface area contributed by atoms with Gasteiger partial charge in [-0.25, -0.2) is 0 Å². The van der Waals surface area contributed by atoms with Gasteiger partial charge in [0.2, 0.25) is 0 Å². The number of likely N-dealkylation sites (tertiary alicyclic amines) is 1. The van der Waals surface area contributed by atoms with Crippen molar-refractivity contribution < 1.29 is 0 Å². The fourth-order valence-corrected chi connectivity index (χ4v) is 2.71. The van der Waals surface area contributed by atoms with Crippen molar-refractivity contribution >= 4 is 15.9 Å². The van der Waals surface area contributed by atoms with Crippen LogP contribution in [0.2, 0.25) is 0 Å². The standard InChI is InChI=1S/C13H19BrN2/c1-10(11-4-3-5-12(14)8-11)15-13-6-7-16(2)9-13/h3-5,8,10,13,15H,6-7,9H2,1-2H3/t10-,13?/m0/s1. The molecule has 88 valence electrons. The molecule has 1 heterocycles. The summed E-state index contributed by atoms with van der Waals surface area (Å²) >= 11 is 3.52. The molecule has 1 aliphatic rings. The molecule has 0 spiro atoms. The summed E-state index contributed by atoms with van der Waals surface area (Å²) in [6.45, 7) is 4.61. The van der Waals surface area contributed by atoms with Gasteiger partial charge in [0.25, 0.3) is 0 Å². The predicted molar refractivity (Wildman–Crippen MR) is 71.6 cm³/mol. The van der Waals surface area contributed by atoms with Gasteiger partial charge in [0.05, 0.1) is 0 Å². The second-order valence-corrected chi connectivity index (χ2v) is 5.61. The van der Waals surface area contributed by atoms with Crippen LogP contribution in [0.1, 0.15) is 24.9 Å². The molecule has 2 nitrogen and oxygen atoms in total. The summed E-state index contributed by atoms with van der Waals surface area (Å²) in [5.74, 6) is 0. The zero-order valence-corrected chi connectivity index (χ0v) is 11.5. The Labute approximate surface area is 106 Å². The van der Waals surface area contributed by atoms with E-state index in [0.717, 1.165) is 4.47 Å². The number of rotatable bonds is 3. The molecule has 16 heavy (non-hydrogen) atoms. The van der Waals surface area contributed by atoms with Gasteiger partial charge in [-0.3, -0.25) is 0 Å². The largest absolute Gasteiger partial charge is 0.306 e. The highest BCUT2D eigenvalue weighted by Gasteiger charge is 2.20. The van der Waals surface area contributed by atoms with Crippen molar-refractivity contribution in [3.05, 3.63) is 34.3 Å². The van der Waals surface area contributed by atoms with Gasteiger partial charge in [-0.2, -0.15) is 0 Å². The zero-order valence-electron chi connectivity index (χ0n) is 9.91. The van der Waals surface area contributed by atoms with Gasteiger partial charge in [0.15, 0.2) is 0 Å². The van der Waals surface area contributed by atoms with Gasteiger partial charge in [-0.05, 0) is 44.6 Å². The third-order valence-electron chi connectivity index (χ3n) is 3.23. The first kappa shape index (κ1) is 12.1. The summed E-state index contributed by atoms with van der Waals surface area (Å²) < 4.78 is 1.15. The van der Waals surface area contributed by atoms with E-state index >= 15 is 0 Å². The molecule has 2 rings (SSSR count). The molecule has 0 saturated carbocycles. The molecule has 1 aromatic carbocycles. The first-order valence-corrected chi connectivity index (χ1v) is 6.64. The van der Waals surface area contributed by atoms with Crippen molar-refractivity contribution in [1.82, 2.24) is 10.2 Å². The number of hydrogen-bond acceptors (Lipinski definition) is 2. The van der Waals surface area contributed by atoms with E-state index in [1.54, 1.807) is 0 Å². The van der Waals surface area contributed by atoms with Crippen molar-refractivity contribution in [3.63, 3.8) is 0 Å². The molecule has 0 amide bonds. The maximum atomic E-state index is 3.69. The van der Waals surface area contributed by atoms with Gasteiger partial charge < -0.3 is 10.2 Å². The summed E-state index contributed by atoms with van der Waals surface area (Å²) in [5.41, 5.74) is 1.35. The van der Waals surface area contributed by atoms with Gasteiger partial charge in [-0.1, -0.05) is 28.1 Å². The minimum absolute atomic E-state index is 0.425. The number of hydrogen-bond donors (Lipinski definition) is 1. The average Bonchev–Trinajstić information content (AvgIpc) is 2.64. The van der Waals surface area contributed by atoms with Crippen LogP contribution in [0.15, 0.2) is 28.7 Å². The Balaban J connectivity index is 1.95. The van der Waals surface area contributed by atoms with E-state index in [1.807, 2.05) is 0 Å². The fraction of sp³-hybridized carbons (Fsp3) is 0.538. The van der Waals surface area contributed by atoms with Crippen molar-refractivity contribution in [2.24, 2.45) is 0 Å². The van der Waals surface area contributed by atoms with Crippen LogP contribution in [0.3, 0.4) is 0 Å². The Morgan fingerprint density at radius 3 is 2.94 bits per heavy atom. The number of nitrogens with one attached hydrogen (secondary N) is 1. The first-order valence-electron chi connectivity index (χ1n) is 5.85. The molecule has 1 aromatic rings. The number of benzene rings is 1. The molecule has 2 atom stereocenters. The molecule has 0 aromatic heterocycles. The summed E-state index contributed by atoms with van der Waals surface area (Å²) in [7, 11) is 2.19. The summed E-state index contributed by atoms with van der Waals surface area (Å²) in [4.78, 5) is 2.38. The van der Waals surface area contributed by atoms with Crippen LogP contribution in [-0.4, -0.2) is 31.1 Å². The van der Waals surface area contributed by atoms with Crippen LogP contribution in [0.25, 0.3) is 0 Å². The highest BCUT2D eigenvalue weighted by Crippen LogP contribution is 2.19. The first-order chi connectivity index (χ1) is 7.65. The molecule has 3 heteroatoms. The number of likely N-dealkylation sites (N-methyl/N-ethyl adjacent to an activating group) is 1. The molecule has 0 radical (unpaired) electrons. The third kappa shape index (κ3) is 3.06. The minimum Gasteiger partial charge on any atom is -0.306 e. The monoisotopic (exact) mass is 282 g/mol. The molecule has 1 N–H and O–H groups in total. The summed E-state index contributed by atoms with van der Waals surface area (Å²) in [6.07, 6.45) is 1.26. The highest BCUT2D eigenvalue weighted by molar-refractivity contribution is 9.10. The van der Waals surface area contributed by atoms with Gasteiger partial charge >= 0.3 is 0 Å². The molecule has 1 saturated heterocycles. The maximum Gasteiger partial charge on any atom is 0.0295 e. The predicted octanol–water partition coefficient (Wildman–Crippen LogP) is 2.80. The van der Waals surface area contributed by atoms with E-state index in [2.05, 4.69) is 64.4 Å². The van der Waals surface area contributed by atoms with Gasteiger partial charge in [0, 0.05) is 23.1 Å². The second-order valence-electron chi connectivity index (χ2n) is 4.69. The molecular weight excluding hydrogens is 264 g/mol. The Kier molecular flexibility index (Phi) is 4.00. The van der Waals surface area contributed by atoms with Gasteiger partial charge in [-0.15, -0.1) is 0 Å². The fourth-order valence-electron chi connectivity index (χ4n) is 2.30. The number of halogens is 1. The summed E-state index contributed by atoms with van der Waals surface area (Å²) in [5, 5.41) is 3.69. The van der Waals surface area contributed by atoms with Crippen molar-refractivity contribution in [3.8, 4) is 0 Å². The third-order valence-corrected chi connectivity index (χ3v) is 3.72. The topological polar surface area (TPSA) is 15.3 Å². The minimum atomic E-state index is 0.425. The van der Waals surface area contributed by atoms with Crippen LogP contribution in [0.5, 0.6) is 0 Å². The second kappa shape index (κ2) is 5.30. The molecule has 0 bridgehead atoms. The lowest BCUT2D eigenvalue weighted by Gasteiger charge is -2.20. The lowest BCUT2D eigenvalue weighted by atomic mass is 10.1. The zero-order chi connectivity index (χ0) is 11.5. The van der Waals surface area contributed by atoms with Crippen LogP contribution in [0, 0.1) is 0 Å². The normalized spacial score (nSPS) is 23.6. The van der Waals surface area contributed by atoms with E-state index in [-0.39, 0.29) is 0 Å². The van der Waals surface area contributed by atoms with E-state index < -0.39 is 0 Å². The Bertz CT molecular complexity index is 354. The number of nitrogens with zero attached hydrogens (tertiary/aromatic N) is 1. The van der Waals surface area contributed by atoms with Crippen LogP contribution in [-0.2, 0) is 0 Å². The molecule has 1 unspecified atom stereocenters. The lowest BCUT2D eigenvalue weighted by Crippen LogP contribution is -2.33. The Morgan fingerprint density at radius 1 is 1.50 bits per heavy atom. The van der Waals surface area contributed by atoms with Crippen molar-refractivity contribution in [1.29, 1.82) is 0 Å². The smallest absolute Gasteiger partial charge is 0.0295 e. The van der Waals surface area contributed by atoms with E-state index in [9.17, 15) is 0 Å². The quantitative estimate of drug-likeness (QED) is 0.917. The van der Waals surface area contributed by atoms with E-state index in [1.165, 1.54) is 25.1 Å². The average molecular weight is 283 g/mol. The van der Waals surface area contributed by atoms with E-state index in [4.69, 9.17) is 0 Å².